The van der Waals surface area contributed by atoms with Crippen molar-refractivity contribution in [1.82, 2.24) is 5.32 Å². The largest absolute Gasteiger partial charge is 0.387 e. The van der Waals surface area contributed by atoms with Crippen molar-refractivity contribution in [2.45, 2.75) is 31.3 Å². The first-order chi connectivity index (χ1) is 8.81. The Morgan fingerprint density at radius 1 is 1.33 bits per heavy atom. The number of aliphatic hydroxyl groups is 1. The minimum Gasteiger partial charge on any atom is -0.387 e. The molecule has 18 heavy (non-hydrogen) atoms. The number of hydrogen-bond donors (Lipinski definition) is 2. The van der Waals surface area contributed by atoms with Gasteiger partial charge in [0.2, 0.25) is 0 Å². The van der Waals surface area contributed by atoms with Crippen LogP contribution in [0, 0.1) is 0 Å². The van der Waals surface area contributed by atoms with E-state index < -0.39 is 6.10 Å². The summed E-state index contributed by atoms with van der Waals surface area (Å²) in [5.41, 5.74) is 2.41. The van der Waals surface area contributed by atoms with E-state index in [2.05, 4.69) is 29.6 Å². The van der Waals surface area contributed by atoms with E-state index in [1.165, 1.54) is 24.8 Å². The lowest BCUT2D eigenvalue weighted by molar-refractivity contribution is 0.161. The van der Waals surface area contributed by atoms with Crippen molar-refractivity contribution in [3.05, 3.63) is 35.4 Å². The van der Waals surface area contributed by atoms with Crippen molar-refractivity contribution in [3.63, 3.8) is 0 Å². The predicted octanol–water partition coefficient (Wildman–Crippen LogP) is 2.22. The standard InChI is InChI=1S/C15H23NO2/c1-18-10-9-16-11-15(17)14-7-5-13(6-8-14)12-3-2-4-12/h5-8,12,15-17H,2-4,9-11H2,1H3. The van der Waals surface area contributed by atoms with E-state index >= 15 is 0 Å². The molecule has 1 fully saturated rings. The van der Waals surface area contributed by atoms with Gasteiger partial charge in [-0.3, -0.25) is 0 Å². The van der Waals surface area contributed by atoms with E-state index in [-0.39, 0.29) is 0 Å². The van der Waals surface area contributed by atoms with E-state index in [0.717, 1.165) is 18.0 Å². The van der Waals surface area contributed by atoms with Crippen molar-refractivity contribution in [2.24, 2.45) is 0 Å². The number of benzene rings is 1. The van der Waals surface area contributed by atoms with Crippen LogP contribution in [0.4, 0.5) is 0 Å². The van der Waals surface area contributed by atoms with Crippen molar-refractivity contribution in [3.8, 4) is 0 Å². The maximum atomic E-state index is 10.0. The Bertz CT molecular complexity index is 346. The molecule has 2 N–H and O–H groups in total. The van der Waals surface area contributed by atoms with Crippen LogP contribution in [0.2, 0.25) is 0 Å². The summed E-state index contributed by atoms with van der Waals surface area (Å²) < 4.78 is 4.95. The fourth-order valence-electron chi connectivity index (χ4n) is 2.26. The Morgan fingerprint density at radius 2 is 2.06 bits per heavy atom. The summed E-state index contributed by atoms with van der Waals surface area (Å²) in [5, 5.41) is 13.2. The van der Waals surface area contributed by atoms with Gasteiger partial charge in [0.15, 0.2) is 0 Å². The van der Waals surface area contributed by atoms with Crippen LogP contribution in [0.3, 0.4) is 0 Å². The van der Waals surface area contributed by atoms with Gasteiger partial charge in [-0.1, -0.05) is 30.7 Å². The number of nitrogens with one attached hydrogen (secondary N) is 1. The number of rotatable bonds is 7. The predicted molar refractivity (Wildman–Crippen MR) is 72.7 cm³/mol. The topological polar surface area (TPSA) is 41.5 Å². The average molecular weight is 249 g/mol. The van der Waals surface area contributed by atoms with Gasteiger partial charge in [-0.2, -0.15) is 0 Å². The van der Waals surface area contributed by atoms with Crippen LogP contribution >= 0.6 is 0 Å². The van der Waals surface area contributed by atoms with Crippen LogP contribution in [0.5, 0.6) is 0 Å². The normalized spacial score (nSPS) is 17.4. The maximum Gasteiger partial charge on any atom is 0.0914 e. The molecule has 0 aromatic heterocycles. The first-order valence-electron chi connectivity index (χ1n) is 6.79. The highest BCUT2D eigenvalue weighted by molar-refractivity contribution is 5.27. The molecule has 0 aliphatic heterocycles. The molecule has 0 spiro atoms. The first kappa shape index (κ1) is 13.5. The first-order valence-corrected chi connectivity index (χ1v) is 6.79. The smallest absolute Gasteiger partial charge is 0.0914 e. The second kappa shape index (κ2) is 6.88. The molecule has 1 aliphatic carbocycles. The van der Waals surface area contributed by atoms with Crippen molar-refractivity contribution < 1.29 is 9.84 Å². The third kappa shape index (κ3) is 3.55. The van der Waals surface area contributed by atoms with Gasteiger partial charge >= 0.3 is 0 Å². The van der Waals surface area contributed by atoms with E-state index in [9.17, 15) is 5.11 Å². The summed E-state index contributed by atoms with van der Waals surface area (Å²) >= 11 is 0. The van der Waals surface area contributed by atoms with Gasteiger partial charge < -0.3 is 15.2 Å². The Hall–Kier alpha value is -0.900. The number of aliphatic hydroxyl groups excluding tert-OH is 1. The maximum absolute atomic E-state index is 10.0. The number of ether oxygens (including phenoxy) is 1. The van der Waals surface area contributed by atoms with Crippen LogP contribution in [-0.2, 0) is 4.74 Å². The summed E-state index contributed by atoms with van der Waals surface area (Å²) in [6, 6.07) is 8.43. The second-order valence-corrected chi connectivity index (χ2v) is 5.01. The zero-order valence-corrected chi connectivity index (χ0v) is 11.1. The Kier molecular flexibility index (Phi) is 5.17. The Balaban J connectivity index is 1.80. The molecule has 100 valence electrons. The molecule has 1 aromatic rings. The van der Waals surface area contributed by atoms with Crippen LogP contribution in [-0.4, -0.2) is 31.9 Å². The molecule has 0 amide bonds. The van der Waals surface area contributed by atoms with E-state index in [1.54, 1.807) is 7.11 Å². The summed E-state index contributed by atoms with van der Waals surface area (Å²) in [7, 11) is 1.68. The molecule has 0 saturated heterocycles. The molecule has 1 unspecified atom stereocenters. The van der Waals surface area contributed by atoms with Gasteiger partial charge in [0.1, 0.15) is 0 Å². The highest BCUT2D eigenvalue weighted by Gasteiger charge is 2.19. The third-order valence-electron chi connectivity index (χ3n) is 3.72. The van der Waals surface area contributed by atoms with Gasteiger partial charge in [0.05, 0.1) is 12.7 Å². The quantitative estimate of drug-likeness (QED) is 0.728. The molecule has 3 heteroatoms. The van der Waals surface area contributed by atoms with Crippen molar-refractivity contribution in [1.29, 1.82) is 0 Å². The van der Waals surface area contributed by atoms with Gasteiger partial charge in [0.25, 0.3) is 0 Å². The molecule has 1 aliphatic rings. The summed E-state index contributed by atoms with van der Waals surface area (Å²) in [4.78, 5) is 0. The summed E-state index contributed by atoms with van der Waals surface area (Å²) in [5.74, 6) is 0.760. The monoisotopic (exact) mass is 249 g/mol. The van der Waals surface area contributed by atoms with Gasteiger partial charge in [0, 0.05) is 20.2 Å². The van der Waals surface area contributed by atoms with Crippen LogP contribution in [0.15, 0.2) is 24.3 Å². The summed E-state index contributed by atoms with van der Waals surface area (Å²) in [6.07, 6.45) is 3.57. The van der Waals surface area contributed by atoms with E-state index in [1.807, 2.05) is 0 Å². The highest BCUT2D eigenvalue weighted by atomic mass is 16.5. The number of hydrogen-bond acceptors (Lipinski definition) is 3. The Morgan fingerprint density at radius 3 is 2.61 bits per heavy atom. The fraction of sp³-hybridized carbons (Fsp3) is 0.600. The van der Waals surface area contributed by atoms with Gasteiger partial charge in [-0.05, 0) is 29.9 Å². The summed E-state index contributed by atoms with van der Waals surface area (Å²) in [6.45, 7) is 2.02. The molecule has 1 atom stereocenters. The molecule has 2 rings (SSSR count). The molecule has 1 aromatic carbocycles. The van der Waals surface area contributed by atoms with Crippen LogP contribution in [0.25, 0.3) is 0 Å². The number of methoxy groups -OCH3 is 1. The molecule has 3 nitrogen and oxygen atoms in total. The molecular formula is C15H23NO2. The molecule has 1 saturated carbocycles. The van der Waals surface area contributed by atoms with Crippen molar-refractivity contribution >= 4 is 0 Å². The van der Waals surface area contributed by atoms with Crippen LogP contribution < -0.4 is 5.32 Å². The second-order valence-electron chi connectivity index (χ2n) is 5.01. The molecule has 0 heterocycles. The van der Waals surface area contributed by atoms with Gasteiger partial charge in [-0.15, -0.1) is 0 Å². The zero-order chi connectivity index (χ0) is 12.8. The molecule has 0 radical (unpaired) electrons. The third-order valence-corrected chi connectivity index (χ3v) is 3.72. The Labute approximate surface area is 109 Å². The van der Waals surface area contributed by atoms with E-state index in [0.29, 0.717) is 13.2 Å². The van der Waals surface area contributed by atoms with Crippen molar-refractivity contribution in [2.75, 3.05) is 26.8 Å². The minimum absolute atomic E-state index is 0.433. The molecule has 0 bridgehead atoms. The van der Waals surface area contributed by atoms with E-state index in [4.69, 9.17) is 4.74 Å². The fourth-order valence-corrected chi connectivity index (χ4v) is 2.26. The zero-order valence-electron chi connectivity index (χ0n) is 11.1. The lowest BCUT2D eigenvalue weighted by Gasteiger charge is -2.26. The lowest BCUT2D eigenvalue weighted by Crippen LogP contribution is -2.25. The van der Waals surface area contributed by atoms with Gasteiger partial charge in [-0.25, -0.2) is 0 Å². The highest BCUT2D eigenvalue weighted by Crippen LogP contribution is 2.36. The molecular weight excluding hydrogens is 226 g/mol. The minimum atomic E-state index is -0.433. The SMILES string of the molecule is COCCNCC(O)c1ccc(C2CCC2)cc1. The van der Waals surface area contributed by atoms with Crippen LogP contribution in [0.1, 0.15) is 42.4 Å². The average Bonchev–Trinajstić information content (AvgIpc) is 2.33. The lowest BCUT2D eigenvalue weighted by atomic mass is 9.80.